The number of carbonyl (C=O) groups is 1. The van der Waals surface area contributed by atoms with Gasteiger partial charge >= 0.3 is 0 Å². The van der Waals surface area contributed by atoms with Crippen molar-refractivity contribution in [1.82, 2.24) is 5.32 Å². The highest BCUT2D eigenvalue weighted by atomic mass is 35.5. The van der Waals surface area contributed by atoms with Gasteiger partial charge in [-0.3, -0.25) is 4.79 Å². The van der Waals surface area contributed by atoms with Crippen LogP contribution in [0, 0.1) is 17.2 Å². The van der Waals surface area contributed by atoms with Crippen molar-refractivity contribution in [3.05, 3.63) is 62.1 Å². The van der Waals surface area contributed by atoms with Crippen LogP contribution in [0.1, 0.15) is 43.7 Å². The molecule has 0 aliphatic heterocycles. The van der Waals surface area contributed by atoms with Crippen molar-refractivity contribution >= 4 is 46.8 Å². The molecule has 0 saturated heterocycles. The quantitative estimate of drug-likeness (QED) is 0.329. The Hall–Kier alpha value is -2.39. The summed E-state index contributed by atoms with van der Waals surface area (Å²) in [4.78, 5) is 12.7. The Morgan fingerprint density at radius 2 is 1.94 bits per heavy atom. The summed E-state index contributed by atoms with van der Waals surface area (Å²) in [6.07, 6.45) is 5.75. The maximum absolute atomic E-state index is 12.7. The fourth-order valence-electron chi connectivity index (χ4n) is 3.84. The molecule has 1 aliphatic rings. The third-order valence-corrected chi connectivity index (χ3v) is 6.61. The number of nitrogens with one attached hydrogen (secondary N) is 1. The van der Waals surface area contributed by atoms with Crippen LogP contribution in [-0.2, 0) is 11.4 Å². The molecule has 33 heavy (non-hydrogen) atoms. The molecule has 0 aromatic heterocycles. The van der Waals surface area contributed by atoms with Crippen molar-refractivity contribution < 1.29 is 14.3 Å². The van der Waals surface area contributed by atoms with E-state index >= 15 is 0 Å². The van der Waals surface area contributed by atoms with Crippen LogP contribution < -0.4 is 14.8 Å². The average molecular weight is 508 g/mol. The average Bonchev–Trinajstić information content (AvgIpc) is 2.78. The number of nitriles is 1. The summed E-state index contributed by atoms with van der Waals surface area (Å²) in [5.41, 5.74) is 1.30. The highest BCUT2D eigenvalue weighted by Crippen LogP contribution is 2.38. The Balaban J connectivity index is 1.78. The second kappa shape index (κ2) is 11.7. The summed E-state index contributed by atoms with van der Waals surface area (Å²) in [5.74, 6) is 0.713. The molecule has 174 valence electrons. The number of benzene rings is 2. The first-order valence-electron chi connectivity index (χ1n) is 10.7. The van der Waals surface area contributed by atoms with E-state index in [1.54, 1.807) is 30.3 Å². The Morgan fingerprint density at radius 3 is 2.61 bits per heavy atom. The molecule has 2 aromatic rings. The molecule has 0 heterocycles. The third kappa shape index (κ3) is 6.57. The van der Waals surface area contributed by atoms with Gasteiger partial charge in [0.2, 0.25) is 0 Å². The van der Waals surface area contributed by atoms with E-state index in [1.165, 1.54) is 19.6 Å². The van der Waals surface area contributed by atoms with E-state index < -0.39 is 0 Å². The lowest BCUT2D eigenvalue weighted by atomic mass is 9.86. The fourth-order valence-corrected chi connectivity index (χ4v) is 4.58. The number of rotatable bonds is 7. The number of nitrogens with zero attached hydrogens (tertiary/aromatic N) is 1. The minimum absolute atomic E-state index is 0.00695. The predicted octanol–water partition coefficient (Wildman–Crippen LogP) is 6.84. The molecule has 1 saturated carbocycles. The monoisotopic (exact) mass is 506 g/mol. The Bertz CT molecular complexity index is 1100. The molecule has 8 heteroatoms. The van der Waals surface area contributed by atoms with Gasteiger partial charge in [0.1, 0.15) is 18.2 Å². The van der Waals surface area contributed by atoms with Crippen LogP contribution in [0.15, 0.2) is 35.9 Å². The van der Waals surface area contributed by atoms with E-state index in [0.29, 0.717) is 33.0 Å². The van der Waals surface area contributed by atoms with Crippen molar-refractivity contribution in [2.75, 3.05) is 7.11 Å². The minimum Gasteiger partial charge on any atom is -0.493 e. The summed E-state index contributed by atoms with van der Waals surface area (Å²) >= 11 is 18.6. The molecule has 2 aromatic carbocycles. The van der Waals surface area contributed by atoms with Gasteiger partial charge in [0.15, 0.2) is 11.5 Å². The number of halogens is 3. The molecule has 0 unspecified atom stereocenters. The van der Waals surface area contributed by atoms with Crippen LogP contribution in [0.25, 0.3) is 6.08 Å². The van der Waals surface area contributed by atoms with E-state index in [4.69, 9.17) is 44.3 Å². The Labute approximate surface area is 209 Å². The molecule has 2 atom stereocenters. The molecule has 1 fully saturated rings. The van der Waals surface area contributed by atoms with Crippen LogP contribution >= 0.6 is 34.8 Å². The van der Waals surface area contributed by atoms with Crippen molar-refractivity contribution in [3.8, 4) is 17.6 Å². The Kier molecular flexibility index (Phi) is 8.91. The highest BCUT2D eigenvalue weighted by molar-refractivity contribution is 6.35. The van der Waals surface area contributed by atoms with Gasteiger partial charge in [-0.25, -0.2) is 0 Å². The largest absolute Gasteiger partial charge is 0.493 e. The van der Waals surface area contributed by atoms with Gasteiger partial charge in [0, 0.05) is 21.7 Å². The highest BCUT2D eigenvalue weighted by Gasteiger charge is 2.24. The molecular weight excluding hydrogens is 483 g/mol. The summed E-state index contributed by atoms with van der Waals surface area (Å²) in [6, 6.07) is 10.5. The van der Waals surface area contributed by atoms with Gasteiger partial charge in [-0.2, -0.15) is 5.26 Å². The second-order valence-electron chi connectivity index (χ2n) is 8.07. The number of ether oxygens (including phenoxy) is 2. The zero-order valence-corrected chi connectivity index (χ0v) is 20.7. The van der Waals surface area contributed by atoms with Gasteiger partial charge in [-0.1, -0.05) is 60.6 Å². The first kappa shape index (κ1) is 25.2. The molecule has 1 aliphatic carbocycles. The number of methoxy groups -OCH3 is 1. The van der Waals surface area contributed by atoms with Crippen LogP contribution in [0.2, 0.25) is 15.1 Å². The van der Waals surface area contributed by atoms with Crippen LogP contribution in [0.4, 0.5) is 0 Å². The molecule has 0 bridgehead atoms. The SMILES string of the molecule is COc1cc(/C=C(\C#N)C(=O)N[C@H]2CCCC[C@H]2C)cc(Cl)c1OCc1ccc(Cl)cc1Cl. The first-order valence-corrected chi connectivity index (χ1v) is 11.8. The first-order chi connectivity index (χ1) is 15.8. The van der Waals surface area contributed by atoms with Crippen LogP contribution in [0.3, 0.4) is 0 Å². The molecular formula is C25H25Cl3N2O3. The normalized spacial score (nSPS) is 18.4. The number of hydrogen-bond acceptors (Lipinski definition) is 4. The summed E-state index contributed by atoms with van der Waals surface area (Å²) < 4.78 is 11.3. The van der Waals surface area contributed by atoms with Gasteiger partial charge in [0.25, 0.3) is 5.91 Å². The molecule has 5 nitrogen and oxygen atoms in total. The summed E-state index contributed by atoms with van der Waals surface area (Å²) in [7, 11) is 1.49. The maximum atomic E-state index is 12.7. The molecule has 3 rings (SSSR count). The lowest BCUT2D eigenvalue weighted by molar-refractivity contribution is -0.118. The van der Waals surface area contributed by atoms with Crippen molar-refractivity contribution in [2.45, 2.75) is 45.3 Å². The second-order valence-corrected chi connectivity index (χ2v) is 9.32. The zero-order chi connectivity index (χ0) is 24.0. The van der Waals surface area contributed by atoms with E-state index in [1.807, 2.05) is 6.07 Å². The fraction of sp³-hybridized carbons (Fsp3) is 0.360. The molecule has 1 N–H and O–H groups in total. The lowest BCUT2D eigenvalue weighted by Gasteiger charge is -2.29. The van der Waals surface area contributed by atoms with E-state index in [9.17, 15) is 10.1 Å². The third-order valence-electron chi connectivity index (χ3n) is 5.74. The van der Waals surface area contributed by atoms with E-state index in [-0.39, 0.29) is 29.2 Å². The molecule has 0 spiro atoms. The smallest absolute Gasteiger partial charge is 0.262 e. The topological polar surface area (TPSA) is 71.3 Å². The lowest BCUT2D eigenvalue weighted by Crippen LogP contribution is -2.41. The van der Waals surface area contributed by atoms with Crippen LogP contribution in [-0.4, -0.2) is 19.1 Å². The van der Waals surface area contributed by atoms with Crippen molar-refractivity contribution in [1.29, 1.82) is 5.26 Å². The maximum Gasteiger partial charge on any atom is 0.262 e. The number of hydrogen-bond donors (Lipinski definition) is 1. The minimum atomic E-state index is -0.385. The predicted molar refractivity (Wildman–Crippen MR) is 132 cm³/mol. The Morgan fingerprint density at radius 1 is 1.18 bits per heavy atom. The van der Waals surface area contributed by atoms with Crippen molar-refractivity contribution in [2.24, 2.45) is 5.92 Å². The number of amides is 1. The summed E-state index contributed by atoms with van der Waals surface area (Å²) in [6.45, 7) is 2.28. The van der Waals surface area contributed by atoms with Gasteiger partial charge in [0.05, 0.1) is 12.1 Å². The zero-order valence-electron chi connectivity index (χ0n) is 18.5. The van der Waals surface area contributed by atoms with Crippen molar-refractivity contribution in [3.63, 3.8) is 0 Å². The van der Waals surface area contributed by atoms with E-state index in [0.717, 1.165) is 24.8 Å². The molecule has 1 amide bonds. The van der Waals surface area contributed by atoms with Gasteiger partial charge < -0.3 is 14.8 Å². The van der Waals surface area contributed by atoms with Gasteiger partial charge in [-0.05, 0) is 54.7 Å². The van der Waals surface area contributed by atoms with Crippen LogP contribution in [0.5, 0.6) is 11.5 Å². The standard InChI is InChI=1S/C25H25Cl3N2O3/c1-15-5-3-4-6-22(15)30-25(31)18(13-29)9-16-10-21(28)24(23(11-16)32-2)33-14-17-7-8-19(26)12-20(17)27/h7-12,15,22H,3-6,14H2,1-2H3,(H,30,31)/b18-9+/t15-,22+/m1/s1. The summed E-state index contributed by atoms with van der Waals surface area (Å²) in [5, 5.41) is 13.9. The molecule has 0 radical (unpaired) electrons. The number of carbonyl (C=O) groups excluding carboxylic acids is 1. The van der Waals surface area contributed by atoms with E-state index in [2.05, 4.69) is 12.2 Å². The van der Waals surface area contributed by atoms with Gasteiger partial charge in [-0.15, -0.1) is 0 Å².